The van der Waals surface area contributed by atoms with E-state index < -0.39 is 24.2 Å². The van der Waals surface area contributed by atoms with Crippen molar-refractivity contribution in [3.8, 4) is 0 Å². The molecule has 0 bridgehead atoms. The van der Waals surface area contributed by atoms with Crippen LogP contribution < -0.4 is 5.73 Å². The molecule has 0 aliphatic carbocycles. The van der Waals surface area contributed by atoms with Crippen LogP contribution in [0.1, 0.15) is 40.5 Å². The molecule has 0 aromatic heterocycles. The lowest BCUT2D eigenvalue weighted by Crippen LogP contribution is -2.45. The summed E-state index contributed by atoms with van der Waals surface area (Å²) in [6.07, 6.45) is -0.609. The van der Waals surface area contributed by atoms with Gasteiger partial charge in [0.05, 0.1) is 6.54 Å². The summed E-state index contributed by atoms with van der Waals surface area (Å²) in [6.45, 7) is 6.55. The highest BCUT2D eigenvalue weighted by molar-refractivity contribution is 5.68. The molecular weight excluding hydrogens is 254 g/mol. The lowest BCUT2D eigenvalue weighted by Gasteiger charge is -2.30. The molecule has 1 amide bonds. The molecule has 0 spiro atoms. The molecule has 6 heteroatoms. The monoisotopic (exact) mass is 278 g/mol. The van der Waals surface area contributed by atoms with Gasteiger partial charge in [-0.25, -0.2) is 13.6 Å². The van der Waals surface area contributed by atoms with Gasteiger partial charge in [0, 0.05) is 19.0 Å². The summed E-state index contributed by atoms with van der Waals surface area (Å²) in [5.41, 5.74) is 5.10. The molecule has 2 N–H and O–H groups in total. The molecule has 19 heavy (non-hydrogen) atoms. The second-order valence-electron chi connectivity index (χ2n) is 6.37. The number of carbonyl (C=O) groups excluding carboxylic acids is 1. The molecule has 1 heterocycles. The largest absolute Gasteiger partial charge is 0.444 e. The molecule has 0 radical (unpaired) electrons. The number of likely N-dealkylation sites (tertiary alicyclic amines) is 1. The number of halogens is 2. The van der Waals surface area contributed by atoms with Crippen molar-refractivity contribution in [3.05, 3.63) is 0 Å². The quantitative estimate of drug-likeness (QED) is 0.802. The van der Waals surface area contributed by atoms with E-state index in [9.17, 15) is 13.6 Å². The molecule has 1 unspecified atom stereocenters. The van der Waals surface area contributed by atoms with Gasteiger partial charge in [0.2, 0.25) is 0 Å². The number of hydrogen-bond acceptors (Lipinski definition) is 3. The summed E-state index contributed by atoms with van der Waals surface area (Å²) in [5.74, 6) is -3.00. The van der Waals surface area contributed by atoms with E-state index in [0.717, 1.165) is 4.90 Å². The fourth-order valence-electron chi connectivity index (χ4n) is 2.09. The minimum Gasteiger partial charge on any atom is -0.444 e. The van der Waals surface area contributed by atoms with Gasteiger partial charge >= 0.3 is 6.09 Å². The number of nitrogens with zero attached hydrogens (tertiary/aromatic N) is 1. The average molecular weight is 278 g/mol. The Morgan fingerprint density at radius 3 is 2.53 bits per heavy atom. The summed E-state index contributed by atoms with van der Waals surface area (Å²) >= 11 is 0. The molecule has 1 aliphatic rings. The van der Waals surface area contributed by atoms with Gasteiger partial charge in [-0.05, 0) is 40.0 Å². The van der Waals surface area contributed by atoms with Crippen molar-refractivity contribution in [3.63, 3.8) is 0 Å². The first kappa shape index (κ1) is 16.1. The van der Waals surface area contributed by atoms with Gasteiger partial charge in [-0.3, -0.25) is 0 Å². The van der Waals surface area contributed by atoms with Crippen molar-refractivity contribution >= 4 is 6.09 Å². The third-order valence-electron chi connectivity index (χ3n) is 3.15. The summed E-state index contributed by atoms with van der Waals surface area (Å²) in [5, 5.41) is 0. The van der Waals surface area contributed by atoms with Gasteiger partial charge < -0.3 is 15.4 Å². The van der Waals surface area contributed by atoms with Crippen LogP contribution in [0.2, 0.25) is 0 Å². The molecule has 1 aliphatic heterocycles. The van der Waals surface area contributed by atoms with E-state index in [1.54, 1.807) is 27.7 Å². The molecule has 0 aromatic carbocycles. The molecule has 4 nitrogen and oxygen atoms in total. The smallest absolute Gasteiger partial charge is 0.410 e. The Hall–Kier alpha value is -0.910. The molecule has 0 saturated carbocycles. The van der Waals surface area contributed by atoms with E-state index in [2.05, 4.69) is 0 Å². The van der Waals surface area contributed by atoms with E-state index >= 15 is 0 Å². The van der Waals surface area contributed by atoms with Crippen LogP contribution in [0.4, 0.5) is 13.6 Å². The molecule has 0 aromatic rings. The van der Waals surface area contributed by atoms with Crippen LogP contribution in [0.3, 0.4) is 0 Å². The highest BCUT2D eigenvalue weighted by Crippen LogP contribution is 2.30. The van der Waals surface area contributed by atoms with Gasteiger partial charge in [0.1, 0.15) is 5.60 Å². The topological polar surface area (TPSA) is 55.6 Å². The molecular formula is C13H24F2N2O2. The first-order chi connectivity index (χ1) is 8.50. The lowest BCUT2D eigenvalue weighted by atomic mass is 9.96. The van der Waals surface area contributed by atoms with Gasteiger partial charge in [-0.2, -0.15) is 0 Å². The minimum absolute atomic E-state index is 0.124. The van der Waals surface area contributed by atoms with Crippen LogP contribution in [0, 0.1) is 5.92 Å². The zero-order valence-corrected chi connectivity index (χ0v) is 12.1. The number of hydrogen-bond donors (Lipinski definition) is 1. The third kappa shape index (κ3) is 5.30. The Labute approximate surface area is 113 Å². The van der Waals surface area contributed by atoms with Crippen LogP contribution in [-0.2, 0) is 4.74 Å². The number of carbonyl (C=O) groups is 1. The number of amides is 1. The van der Waals surface area contributed by atoms with Crippen LogP contribution in [0.5, 0.6) is 0 Å². The minimum atomic E-state index is -2.87. The van der Waals surface area contributed by atoms with Gasteiger partial charge in [0.15, 0.2) is 0 Å². The van der Waals surface area contributed by atoms with Gasteiger partial charge in [-0.1, -0.05) is 0 Å². The highest BCUT2D eigenvalue weighted by atomic mass is 19.3. The Morgan fingerprint density at radius 1 is 1.47 bits per heavy atom. The fraction of sp³-hybridized carbons (Fsp3) is 0.923. The molecule has 1 rings (SSSR count). The standard InChI is InChI=1S/C13H24F2N2O2/c1-9(16)10-5-6-13(14,15)8-17(7-10)11(18)19-12(2,3)4/h9-10H,5-8,16H2,1-4H3/t9?,10-/m1/s1. The normalized spacial score (nSPS) is 25.6. The van der Waals surface area contributed by atoms with E-state index in [4.69, 9.17) is 10.5 Å². The van der Waals surface area contributed by atoms with E-state index in [1.165, 1.54) is 0 Å². The van der Waals surface area contributed by atoms with Gasteiger partial charge in [-0.15, -0.1) is 0 Å². The molecule has 2 atom stereocenters. The number of ether oxygens (including phenoxy) is 1. The molecule has 1 saturated heterocycles. The predicted molar refractivity (Wildman–Crippen MR) is 69.1 cm³/mol. The van der Waals surface area contributed by atoms with Crippen molar-refractivity contribution in [1.82, 2.24) is 4.90 Å². The van der Waals surface area contributed by atoms with Crippen LogP contribution in [0.15, 0.2) is 0 Å². The summed E-state index contributed by atoms with van der Waals surface area (Å²) in [7, 11) is 0. The Balaban J connectivity index is 2.80. The van der Waals surface area contributed by atoms with E-state index in [1.807, 2.05) is 0 Å². The van der Waals surface area contributed by atoms with E-state index in [0.29, 0.717) is 6.42 Å². The maximum absolute atomic E-state index is 13.7. The molecule has 112 valence electrons. The average Bonchev–Trinajstić information content (AvgIpc) is 2.34. The first-order valence-corrected chi connectivity index (χ1v) is 6.61. The number of nitrogens with two attached hydrogens (primary N) is 1. The highest BCUT2D eigenvalue weighted by Gasteiger charge is 2.40. The SMILES string of the molecule is CC(N)[C@@H]1CCC(F)(F)CN(C(=O)OC(C)(C)C)C1. The summed E-state index contributed by atoms with van der Waals surface area (Å²) in [6, 6.07) is -0.223. The zero-order chi connectivity index (χ0) is 14.8. The molecule has 1 fully saturated rings. The van der Waals surface area contributed by atoms with Gasteiger partial charge in [0.25, 0.3) is 5.92 Å². The van der Waals surface area contributed by atoms with Crippen molar-refractivity contribution in [2.45, 2.75) is 58.1 Å². The second kappa shape index (κ2) is 5.61. The number of alkyl halides is 2. The maximum Gasteiger partial charge on any atom is 0.410 e. The van der Waals surface area contributed by atoms with Crippen LogP contribution >= 0.6 is 0 Å². The first-order valence-electron chi connectivity index (χ1n) is 6.61. The van der Waals surface area contributed by atoms with Crippen molar-refractivity contribution in [2.24, 2.45) is 11.7 Å². The summed E-state index contributed by atoms with van der Waals surface area (Å²) in [4.78, 5) is 13.0. The summed E-state index contributed by atoms with van der Waals surface area (Å²) < 4.78 is 32.5. The zero-order valence-electron chi connectivity index (χ0n) is 12.1. The van der Waals surface area contributed by atoms with Crippen molar-refractivity contribution in [1.29, 1.82) is 0 Å². The van der Waals surface area contributed by atoms with Crippen LogP contribution in [0.25, 0.3) is 0 Å². The van der Waals surface area contributed by atoms with Crippen LogP contribution in [-0.4, -0.2) is 41.6 Å². The maximum atomic E-state index is 13.7. The Kier molecular flexibility index (Phi) is 4.76. The van der Waals surface area contributed by atoms with Crippen molar-refractivity contribution in [2.75, 3.05) is 13.1 Å². The lowest BCUT2D eigenvalue weighted by molar-refractivity contribution is -0.0389. The van der Waals surface area contributed by atoms with Crippen molar-refractivity contribution < 1.29 is 18.3 Å². The third-order valence-corrected chi connectivity index (χ3v) is 3.15. The Morgan fingerprint density at radius 2 is 2.05 bits per heavy atom. The Bertz CT molecular complexity index is 327. The fourth-order valence-corrected chi connectivity index (χ4v) is 2.09. The predicted octanol–water partition coefficient (Wildman–Crippen LogP) is 2.62. The van der Waals surface area contributed by atoms with E-state index in [-0.39, 0.29) is 24.9 Å². The number of rotatable bonds is 1. The second-order valence-corrected chi connectivity index (χ2v) is 6.37.